The van der Waals surface area contributed by atoms with Gasteiger partial charge >= 0.3 is 5.97 Å². The van der Waals surface area contributed by atoms with Crippen LogP contribution < -0.4 is 0 Å². The van der Waals surface area contributed by atoms with E-state index in [2.05, 4.69) is 39.6 Å². The Bertz CT molecular complexity index is 329. The number of ether oxygens (including phenoxy) is 1. The molecule has 0 aromatic rings. The van der Waals surface area contributed by atoms with E-state index in [1.807, 2.05) is 0 Å². The molecule has 0 spiro atoms. The first-order chi connectivity index (χ1) is 8.65. The summed E-state index contributed by atoms with van der Waals surface area (Å²) in [6, 6.07) is 0. The average Bonchev–Trinajstić information content (AvgIpc) is 2.24. The highest BCUT2D eigenvalue weighted by molar-refractivity contribution is 5.79. The van der Waals surface area contributed by atoms with E-state index in [0.29, 0.717) is 12.5 Å². The molecule has 1 saturated heterocycles. The maximum Gasteiger partial charge on any atom is 0.331 e. The number of carboxylic acid groups (broad SMARTS) is 1. The van der Waals surface area contributed by atoms with E-state index in [1.54, 1.807) is 0 Å². The predicted octanol–water partition coefficient (Wildman–Crippen LogP) is 2.89. The van der Waals surface area contributed by atoms with Crippen molar-refractivity contribution < 1.29 is 14.6 Å². The molecule has 0 bridgehead atoms. The molecule has 1 heterocycles. The van der Waals surface area contributed by atoms with Gasteiger partial charge in [-0.3, -0.25) is 4.90 Å². The van der Waals surface area contributed by atoms with Crippen molar-refractivity contribution in [2.45, 2.75) is 58.0 Å². The van der Waals surface area contributed by atoms with Crippen LogP contribution in [0.5, 0.6) is 0 Å². The second-order valence-electron chi connectivity index (χ2n) is 6.76. The van der Waals surface area contributed by atoms with Crippen molar-refractivity contribution in [2.24, 2.45) is 5.92 Å². The zero-order valence-electron chi connectivity index (χ0n) is 12.8. The zero-order chi connectivity index (χ0) is 14.7. The smallest absolute Gasteiger partial charge is 0.331 e. The van der Waals surface area contributed by atoms with Gasteiger partial charge in [-0.1, -0.05) is 0 Å². The third kappa shape index (κ3) is 4.53. The second kappa shape index (κ2) is 5.95. The second-order valence-corrected chi connectivity index (χ2v) is 6.76. The van der Waals surface area contributed by atoms with Crippen molar-refractivity contribution in [3.05, 3.63) is 12.3 Å². The van der Waals surface area contributed by atoms with Crippen LogP contribution >= 0.6 is 0 Å². The number of piperidine rings is 1. The van der Waals surface area contributed by atoms with Crippen molar-refractivity contribution in [2.75, 3.05) is 13.7 Å². The standard InChI is InChI=1S/C15H27NO3/c1-14(2)10-12(11-15(3,4)16(14)5)6-8-19-9-7-13(17)18/h7,9,12H,6,8,10-11H2,1-5H3,(H,17,18). The summed E-state index contributed by atoms with van der Waals surface area (Å²) >= 11 is 0. The molecule has 4 nitrogen and oxygen atoms in total. The minimum absolute atomic E-state index is 0.198. The fourth-order valence-electron chi connectivity index (χ4n) is 3.19. The Morgan fingerprint density at radius 1 is 1.32 bits per heavy atom. The normalized spacial score (nSPS) is 23.6. The lowest BCUT2D eigenvalue weighted by Gasteiger charge is -2.53. The fraction of sp³-hybridized carbons (Fsp3) is 0.800. The Morgan fingerprint density at radius 2 is 1.84 bits per heavy atom. The summed E-state index contributed by atoms with van der Waals surface area (Å²) in [7, 11) is 2.20. The quantitative estimate of drug-likeness (QED) is 0.473. The van der Waals surface area contributed by atoms with Crippen LogP contribution in [-0.2, 0) is 9.53 Å². The number of hydrogen-bond acceptors (Lipinski definition) is 3. The molecule has 19 heavy (non-hydrogen) atoms. The highest BCUT2D eigenvalue weighted by Gasteiger charge is 2.42. The molecule has 0 aliphatic carbocycles. The van der Waals surface area contributed by atoms with Gasteiger partial charge in [0, 0.05) is 11.1 Å². The van der Waals surface area contributed by atoms with E-state index in [1.165, 1.54) is 6.26 Å². The average molecular weight is 269 g/mol. The van der Waals surface area contributed by atoms with Gasteiger partial charge in [-0.05, 0) is 59.9 Å². The lowest BCUT2D eigenvalue weighted by Crippen LogP contribution is -2.58. The van der Waals surface area contributed by atoms with Crippen LogP contribution in [0.25, 0.3) is 0 Å². The molecule has 1 aliphatic heterocycles. The SMILES string of the molecule is CN1C(C)(C)CC(CCOC=CC(=O)O)CC1(C)C. The van der Waals surface area contributed by atoms with Crippen LogP contribution in [0.4, 0.5) is 0 Å². The first-order valence-electron chi connectivity index (χ1n) is 6.90. The highest BCUT2D eigenvalue weighted by atomic mass is 16.5. The molecular formula is C15H27NO3. The number of likely N-dealkylation sites (tertiary alicyclic amines) is 1. The predicted molar refractivity (Wildman–Crippen MR) is 76.0 cm³/mol. The number of aliphatic carboxylic acids is 1. The Morgan fingerprint density at radius 3 is 2.32 bits per heavy atom. The molecule has 0 saturated carbocycles. The van der Waals surface area contributed by atoms with Crippen molar-refractivity contribution in [1.29, 1.82) is 0 Å². The molecule has 4 heteroatoms. The summed E-state index contributed by atoms with van der Waals surface area (Å²) in [6.07, 6.45) is 5.58. The molecule has 1 N–H and O–H groups in total. The Labute approximate surface area is 116 Å². The van der Waals surface area contributed by atoms with Gasteiger partial charge in [0.25, 0.3) is 0 Å². The minimum Gasteiger partial charge on any atom is -0.501 e. The van der Waals surface area contributed by atoms with E-state index in [4.69, 9.17) is 9.84 Å². The van der Waals surface area contributed by atoms with Crippen LogP contribution in [0.15, 0.2) is 12.3 Å². The van der Waals surface area contributed by atoms with Crippen LogP contribution in [-0.4, -0.2) is 40.7 Å². The summed E-state index contributed by atoms with van der Waals surface area (Å²) in [5.41, 5.74) is 0.395. The van der Waals surface area contributed by atoms with Crippen molar-refractivity contribution in [3.8, 4) is 0 Å². The van der Waals surface area contributed by atoms with Crippen LogP contribution in [0.3, 0.4) is 0 Å². The summed E-state index contributed by atoms with van der Waals surface area (Å²) in [5.74, 6) is -0.346. The maximum atomic E-state index is 10.3. The number of carboxylic acids is 1. The van der Waals surface area contributed by atoms with Gasteiger partial charge in [0.05, 0.1) is 18.9 Å². The van der Waals surface area contributed by atoms with Gasteiger partial charge in [-0.25, -0.2) is 4.79 Å². The van der Waals surface area contributed by atoms with E-state index in [-0.39, 0.29) is 11.1 Å². The third-order valence-corrected chi connectivity index (χ3v) is 4.34. The van der Waals surface area contributed by atoms with E-state index in [0.717, 1.165) is 25.3 Å². The zero-order valence-corrected chi connectivity index (χ0v) is 12.8. The molecule has 0 aromatic carbocycles. The topological polar surface area (TPSA) is 49.8 Å². The van der Waals surface area contributed by atoms with Gasteiger partial charge in [0.1, 0.15) is 0 Å². The summed E-state index contributed by atoms with van der Waals surface area (Å²) < 4.78 is 5.24. The lowest BCUT2D eigenvalue weighted by atomic mass is 9.73. The van der Waals surface area contributed by atoms with Crippen LogP contribution in [0.2, 0.25) is 0 Å². The maximum absolute atomic E-state index is 10.3. The van der Waals surface area contributed by atoms with E-state index in [9.17, 15) is 4.79 Å². The largest absolute Gasteiger partial charge is 0.501 e. The number of rotatable bonds is 5. The molecule has 0 amide bonds. The monoisotopic (exact) mass is 269 g/mol. The van der Waals surface area contributed by atoms with E-state index >= 15 is 0 Å². The molecule has 1 aliphatic rings. The molecule has 1 rings (SSSR count). The molecule has 1 fully saturated rings. The number of nitrogens with zero attached hydrogens (tertiary/aromatic N) is 1. The Balaban J connectivity index is 2.45. The summed E-state index contributed by atoms with van der Waals surface area (Å²) in [5, 5.41) is 8.46. The van der Waals surface area contributed by atoms with Gasteiger partial charge in [-0.2, -0.15) is 0 Å². The van der Waals surface area contributed by atoms with Crippen LogP contribution in [0.1, 0.15) is 47.0 Å². The third-order valence-electron chi connectivity index (χ3n) is 4.34. The fourth-order valence-corrected chi connectivity index (χ4v) is 3.19. The highest BCUT2D eigenvalue weighted by Crippen LogP contribution is 2.41. The van der Waals surface area contributed by atoms with Gasteiger partial charge < -0.3 is 9.84 Å². The van der Waals surface area contributed by atoms with Crippen molar-refractivity contribution in [3.63, 3.8) is 0 Å². The van der Waals surface area contributed by atoms with Crippen molar-refractivity contribution in [1.82, 2.24) is 4.90 Å². The molecule has 0 radical (unpaired) electrons. The van der Waals surface area contributed by atoms with Crippen LogP contribution in [0, 0.1) is 5.92 Å². The molecule has 0 unspecified atom stereocenters. The number of carbonyl (C=O) groups is 1. The Kier molecular flexibility index (Phi) is 5.02. The first-order valence-corrected chi connectivity index (χ1v) is 6.90. The summed E-state index contributed by atoms with van der Waals surface area (Å²) in [6.45, 7) is 9.72. The van der Waals surface area contributed by atoms with Crippen molar-refractivity contribution >= 4 is 5.97 Å². The first kappa shape index (κ1) is 16.0. The minimum atomic E-state index is -0.971. The lowest BCUT2D eigenvalue weighted by molar-refractivity contribution is -0.131. The van der Waals surface area contributed by atoms with Gasteiger partial charge in [0.2, 0.25) is 0 Å². The van der Waals surface area contributed by atoms with Gasteiger partial charge in [-0.15, -0.1) is 0 Å². The molecule has 0 atom stereocenters. The summed E-state index contributed by atoms with van der Waals surface area (Å²) in [4.78, 5) is 12.8. The van der Waals surface area contributed by atoms with Gasteiger partial charge in [0.15, 0.2) is 0 Å². The molecule has 110 valence electrons. The number of hydrogen-bond donors (Lipinski definition) is 1. The molecular weight excluding hydrogens is 242 g/mol. The van der Waals surface area contributed by atoms with E-state index < -0.39 is 5.97 Å². The Hall–Kier alpha value is -1.03. The molecule has 0 aromatic heterocycles.